The lowest BCUT2D eigenvalue weighted by atomic mass is 10.6. The third-order valence-corrected chi connectivity index (χ3v) is 3.65. The Kier molecular flexibility index (Phi) is 2.64. The average Bonchev–Trinajstić information content (AvgIpc) is 1.89. The van der Waals surface area contributed by atoms with Crippen LogP contribution in [0.3, 0.4) is 0 Å². The summed E-state index contributed by atoms with van der Waals surface area (Å²) in [4.78, 5) is 0. The van der Waals surface area contributed by atoms with Gasteiger partial charge in [-0.2, -0.15) is 4.47 Å². The van der Waals surface area contributed by atoms with Crippen LogP contribution in [0, 0.1) is 0 Å². The molecule has 1 saturated heterocycles. The minimum atomic E-state index is -1.89. The largest absolute Gasteiger partial charge is 0.315 e. The average molecular weight is 163 g/mol. The molecule has 0 unspecified atom stereocenters. The third kappa shape index (κ3) is 1.93. The van der Waals surface area contributed by atoms with E-state index in [1.165, 1.54) is 0 Å². The van der Waals surface area contributed by atoms with Crippen molar-refractivity contribution in [1.29, 1.82) is 0 Å². The predicted octanol–water partition coefficient (Wildman–Crippen LogP) is -0.808. The molecule has 1 rings (SSSR count). The standard InChI is InChI=1S/C5H13N3OS/c1-6-8-10(9)4-2-7-3-5-10/h6-7H,2-5H2,1H3. The zero-order chi connectivity index (χ0) is 7.45. The van der Waals surface area contributed by atoms with Crippen LogP contribution in [-0.2, 0) is 9.73 Å². The summed E-state index contributed by atoms with van der Waals surface area (Å²) in [7, 11) is -0.200. The van der Waals surface area contributed by atoms with Crippen molar-refractivity contribution in [3.8, 4) is 0 Å². The molecule has 0 radical (unpaired) electrons. The molecule has 0 saturated carbocycles. The Bertz CT molecular complexity index is 195. The van der Waals surface area contributed by atoms with Gasteiger partial charge in [0.1, 0.15) is 0 Å². The highest BCUT2D eigenvalue weighted by molar-refractivity contribution is 7.93. The molecule has 0 bridgehead atoms. The van der Waals surface area contributed by atoms with Gasteiger partial charge >= 0.3 is 0 Å². The van der Waals surface area contributed by atoms with E-state index in [4.69, 9.17) is 0 Å². The smallest absolute Gasteiger partial charge is 0.0661 e. The molecule has 4 nitrogen and oxygen atoms in total. The molecule has 5 heteroatoms. The van der Waals surface area contributed by atoms with E-state index in [2.05, 4.69) is 15.2 Å². The van der Waals surface area contributed by atoms with Gasteiger partial charge in [0.2, 0.25) is 0 Å². The molecule has 1 aliphatic heterocycles. The van der Waals surface area contributed by atoms with Crippen LogP contribution in [0.25, 0.3) is 0 Å². The van der Waals surface area contributed by atoms with Gasteiger partial charge in [-0.3, -0.25) is 0 Å². The summed E-state index contributed by atoms with van der Waals surface area (Å²) < 4.78 is 15.4. The monoisotopic (exact) mass is 163 g/mol. The fraction of sp³-hybridized carbons (Fsp3) is 1.00. The fourth-order valence-corrected chi connectivity index (χ4v) is 2.59. The second-order valence-electron chi connectivity index (χ2n) is 2.25. The number of nitrogens with zero attached hydrogens (tertiary/aromatic N) is 1. The van der Waals surface area contributed by atoms with E-state index in [1.807, 2.05) is 0 Å². The number of hydrogen-bond acceptors (Lipinski definition) is 3. The zero-order valence-electron chi connectivity index (χ0n) is 6.09. The summed E-state index contributed by atoms with van der Waals surface area (Å²) in [5, 5.41) is 3.13. The summed E-state index contributed by atoms with van der Waals surface area (Å²) in [6, 6.07) is 0. The second-order valence-corrected chi connectivity index (χ2v) is 4.79. The molecule has 0 spiro atoms. The van der Waals surface area contributed by atoms with Crippen LogP contribution in [0.15, 0.2) is 4.47 Å². The topological polar surface area (TPSA) is 53.5 Å². The Morgan fingerprint density at radius 3 is 2.60 bits per heavy atom. The van der Waals surface area contributed by atoms with Gasteiger partial charge < -0.3 is 5.32 Å². The van der Waals surface area contributed by atoms with E-state index >= 15 is 0 Å². The Hall–Kier alpha value is -0.130. The molecule has 10 heavy (non-hydrogen) atoms. The second kappa shape index (κ2) is 3.32. The molecule has 2 N–H and O–H groups in total. The molecule has 60 valence electrons. The molecule has 0 amide bonds. The Labute approximate surface area is 61.5 Å². The summed E-state index contributed by atoms with van der Waals surface area (Å²) >= 11 is 0. The number of nitrogens with one attached hydrogen (secondary N) is 2. The van der Waals surface area contributed by atoms with Crippen molar-refractivity contribution >= 4 is 9.73 Å². The molecule has 0 aliphatic carbocycles. The van der Waals surface area contributed by atoms with Crippen LogP contribution in [0.1, 0.15) is 0 Å². The van der Waals surface area contributed by atoms with Crippen LogP contribution in [0.5, 0.6) is 0 Å². The first-order valence-corrected chi connectivity index (χ1v) is 5.21. The molecule has 1 aliphatic rings. The van der Waals surface area contributed by atoms with Gasteiger partial charge in [-0.1, -0.05) is 0 Å². The van der Waals surface area contributed by atoms with Gasteiger partial charge in [0, 0.05) is 31.6 Å². The highest BCUT2D eigenvalue weighted by atomic mass is 32.2. The van der Waals surface area contributed by atoms with Crippen molar-refractivity contribution in [2.75, 3.05) is 31.6 Å². The number of rotatable bonds is 1. The zero-order valence-corrected chi connectivity index (χ0v) is 6.91. The predicted molar refractivity (Wildman–Crippen MR) is 42.2 cm³/mol. The van der Waals surface area contributed by atoms with Crippen LogP contribution in [0.4, 0.5) is 0 Å². The fourth-order valence-electron chi connectivity index (χ4n) is 0.948. The van der Waals surface area contributed by atoms with Gasteiger partial charge in [-0.05, 0) is 0 Å². The van der Waals surface area contributed by atoms with Crippen LogP contribution in [0.2, 0.25) is 0 Å². The van der Waals surface area contributed by atoms with E-state index in [9.17, 15) is 4.21 Å². The lowest BCUT2D eigenvalue weighted by Gasteiger charge is -2.15. The van der Waals surface area contributed by atoms with Crippen molar-refractivity contribution in [1.82, 2.24) is 10.7 Å². The Morgan fingerprint density at radius 1 is 1.50 bits per heavy atom. The molecule has 0 aromatic carbocycles. The normalized spacial score (nSPS) is 24.1. The van der Waals surface area contributed by atoms with Gasteiger partial charge in [-0.25, -0.2) is 9.63 Å². The Balaban J connectivity index is 2.66. The molecule has 0 atom stereocenters. The van der Waals surface area contributed by atoms with Gasteiger partial charge in [-0.15, -0.1) is 0 Å². The lowest BCUT2D eigenvalue weighted by Crippen LogP contribution is -2.36. The van der Waals surface area contributed by atoms with E-state index in [0.717, 1.165) is 13.1 Å². The Morgan fingerprint density at radius 2 is 2.10 bits per heavy atom. The van der Waals surface area contributed by atoms with E-state index < -0.39 is 9.73 Å². The molecule has 1 heterocycles. The van der Waals surface area contributed by atoms with Crippen molar-refractivity contribution in [3.63, 3.8) is 0 Å². The molecular formula is C5H13N3OS. The third-order valence-electron chi connectivity index (χ3n) is 1.45. The summed E-state index contributed by atoms with van der Waals surface area (Å²) in [6.45, 7) is 1.65. The minimum Gasteiger partial charge on any atom is -0.315 e. The molecule has 1 fully saturated rings. The van der Waals surface area contributed by atoms with Crippen molar-refractivity contribution in [2.45, 2.75) is 0 Å². The van der Waals surface area contributed by atoms with E-state index in [0.29, 0.717) is 11.5 Å². The maximum absolute atomic E-state index is 11.5. The van der Waals surface area contributed by atoms with Gasteiger partial charge in [0.25, 0.3) is 0 Å². The van der Waals surface area contributed by atoms with Crippen molar-refractivity contribution in [2.24, 2.45) is 4.47 Å². The van der Waals surface area contributed by atoms with Gasteiger partial charge in [0.05, 0.1) is 9.73 Å². The minimum absolute atomic E-state index is 0.674. The summed E-state index contributed by atoms with van der Waals surface area (Å²) in [5.41, 5.74) is 2.60. The highest BCUT2D eigenvalue weighted by Gasteiger charge is 2.12. The first-order valence-electron chi connectivity index (χ1n) is 3.36. The summed E-state index contributed by atoms with van der Waals surface area (Å²) in [5.74, 6) is 1.35. The van der Waals surface area contributed by atoms with Crippen molar-refractivity contribution in [3.05, 3.63) is 0 Å². The first-order chi connectivity index (χ1) is 4.77. The molecular weight excluding hydrogens is 150 g/mol. The highest BCUT2D eigenvalue weighted by Crippen LogP contribution is 1.97. The first kappa shape index (κ1) is 7.97. The molecule has 0 aromatic rings. The van der Waals surface area contributed by atoms with Crippen LogP contribution >= 0.6 is 0 Å². The number of hydrogen-bond donors (Lipinski definition) is 2. The van der Waals surface area contributed by atoms with Gasteiger partial charge in [0.15, 0.2) is 0 Å². The SMILES string of the molecule is CNN=S1(=O)CCNCC1. The maximum atomic E-state index is 11.5. The van der Waals surface area contributed by atoms with Crippen LogP contribution in [-0.4, -0.2) is 35.9 Å². The van der Waals surface area contributed by atoms with Crippen LogP contribution < -0.4 is 10.7 Å². The quantitative estimate of drug-likeness (QED) is 0.497. The molecule has 0 aromatic heterocycles. The summed E-state index contributed by atoms with van der Waals surface area (Å²) in [6.07, 6.45) is 0. The van der Waals surface area contributed by atoms with E-state index in [1.54, 1.807) is 7.05 Å². The lowest BCUT2D eigenvalue weighted by molar-refractivity contribution is 0.646. The van der Waals surface area contributed by atoms with Crippen molar-refractivity contribution < 1.29 is 4.21 Å². The van der Waals surface area contributed by atoms with E-state index in [-0.39, 0.29) is 0 Å². The maximum Gasteiger partial charge on any atom is 0.0661 e.